The van der Waals surface area contributed by atoms with Gasteiger partial charge in [0.1, 0.15) is 11.6 Å². The monoisotopic (exact) mass is 549 g/mol. The van der Waals surface area contributed by atoms with Gasteiger partial charge in [0.2, 0.25) is 10.0 Å². The molecular weight excluding hydrogens is 518 g/mol. The lowest BCUT2D eigenvalue weighted by Crippen LogP contribution is -2.59. The van der Waals surface area contributed by atoms with Crippen LogP contribution in [0.4, 0.5) is 0 Å². The molecule has 2 aromatic heterocycles. The quantitative estimate of drug-likeness (QED) is 0.180. The predicted molar refractivity (Wildman–Crippen MR) is 137 cm³/mol. The first-order valence-electron chi connectivity index (χ1n) is 12.4. The Morgan fingerprint density at radius 2 is 2.05 bits per heavy atom. The van der Waals surface area contributed by atoms with Crippen LogP contribution < -0.4 is 15.6 Å². The maximum atomic E-state index is 13.3. The van der Waals surface area contributed by atoms with Gasteiger partial charge >= 0.3 is 0 Å². The molecule has 0 radical (unpaired) electrons. The first-order chi connectivity index (χ1) is 18.1. The summed E-state index contributed by atoms with van der Waals surface area (Å²) in [7, 11) is -3.82. The molecule has 14 nitrogen and oxygen atoms in total. The van der Waals surface area contributed by atoms with Crippen LogP contribution >= 0.6 is 0 Å². The molecule has 2 N–H and O–H groups in total. The number of sulfonamides is 1. The van der Waals surface area contributed by atoms with Gasteiger partial charge in [0, 0.05) is 25.6 Å². The Labute approximate surface area is 219 Å². The zero-order valence-electron chi connectivity index (χ0n) is 21.5. The standard InChI is InChI=1S/C23H31N7O7S/c1-4-7-20-25-15(3)21-23(31)26-22(27-29(20)21)18-12-17(8-9-19(18)36-5-2)38(34,35)28-13-16(14-28)24-10-6-11-37-30(32)33/h8-9,12,16,24H,4-7,10-11,13-14H2,1-3H3,(H,26,27,31). The summed E-state index contributed by atoms with van der Waals surface area (Å²) in [6.45, 7) is 6.87. The highest BCUT2D eigenvalue weighted by Crippen LogP contribution is 2.32. The van der Waals surface area contributed by atoms with Crippen molar-refractivity contribution in [3.05, 3.63) is 50.2 Å². The molecule has 1 aliphatic heterocycles. The molecule has 38 heavy (non-hydrogen) atoms. The maximum Gasteiger partial charge on any atom is 0.294 e. The zero-order valence-corrected chi connectivity index (χ0v) is 22.3. The number of ether oxygens (including phenoxy) is 1. The van der Waals surface area contributed by atoms with Crippen molar-refractivity contribution in [1.82, 2.24) is 29.2 Å². The van der Waals surface area contributed by atoms with Gasteiger partial charge in [0.05, 0.1) is 29.4 Å². The SMILES string of the molecule is CCCc1nc(C)c2c(=O)[nH]c(-c3cc(S(=O)(=O)N4CC(NCCCO[N+](=O)[O-])C4)ccc3OCC)nn12. The van der Waals surface area contributed by atoms with E-state index < -0.39 is 15.1 Å². The summed E-state index contributed by atoms with van der Waals surface area (Å²) in [5.74, 6) is 1.22. The van der Waals surface area contributed by atoms with Crippen LogP contribution in [-0.4, -0.2) is 76.3 Å². The number of nitrogens with zero attached hydrogens (tertiary/aromatic N) is 5. The van der Waals surface area contributed by atoms with Crippen LogP contribution in [0.1, 0.15) is 38.2 Å². The molecule has 15 heteroatoms. The van der Waals surface area contributed by atoms with E-state index in [9.17, 15) is 23.3 Å². The fourth-order valence-electron chi connectivity index (χ4n) is 4.31. The molecule has 1 saturated heterocycles. The van der Waals surface area contributed by atoms with Gasteiger partial charge in [-0.2, -0.15) is 4.31 Å². The molecule has 3 heterocycles. The van der Waals surface area contributed by atoms with E-state index in [0.29, 0.717) is 54.3 Å². The van der Waals surface area contributed by atoms with Crippen molar-refractivity contribution in [3.8, 4) is 17.1 Å². The lowest BCUT2D eigenvalue weighted by molar-refractivity contribution is -0.757. The summed E-state index contributed by atoms with van der Waals surface area (Å²) in [6.07, 6.45) is 1.88. The molecule has 1 fully saturated rings. The third-order valence-electron chi connectivity index (χ3n) is 6.16. The van der Waals surface area contributed by atoms with E-state index >= 15 is 0 Å². The van der Waals surface area contributed by atoms with Crippen molar-refractivity contribution in [2.75, 3.05) is 32.8 Å². The molecule has 0 unspecified atom stereocenters. The number of aromatic amines is 1. The third-order valence-corrected chi connectivity index (χ3v) is 7.99. The average molecular weight is 550 g/mol. The topological polar surface area (TPSA) is 174 Å². The van der Waals surface area contributed by atoms with Gasteiger partial charge < -0.3 is 19.9 Å². The van der Waals surface area contributed by atoms with Gasteiger partial charge in [-0.15, -0.1) is 15.2 Å². The lowest BCUT2D eigenvalue weighted by Gasteiger charge is -2.38. The molecule has 0 aliphatic carbocycles. The molecular formula is C23H31N7O7S. The van der Waals surface area contributed by atoms with Gasteiger partial charge in [-0.3, -0.25) is 4.79 Å². The van der Waals surface area contributed by atoms with Crippen molar-refractivity contribution in [2.24, 2.45) is 0 Å². The molecule has 0 bridgehead atoms. The van der Waals surface area contributed by atoms with E-state index in [-0.39, 0.29) is 42.0 Å². The number of aromatic nitrogens is 4. The fourth-order valence-corrected chi connectivity index (χ4v) is 5.87. The Bertz CT molecular complexity index is 1480. The number of imidazole rings is 1. The van der Waals surface area contributed by atoms with Crippen LogP contribution in [0.3, 0.4) is 0 Å². The van der Waals surface area contributed by atoms with Crippen LogP contribution in [0, 0.1) is 17.0 Å². The smallest absolute Gasteiger partial charge is 0.294 e. The van der Waals surface area contributed by atoms with E-state index in [1.807, 2.05) is 13.8 Å². The first-order valence-corrected chi connectivity index (χ1v) is 13.9. The Morgan fingerprint density at radius 3 is 2.74 bits per heavy atom. The molecule has 1 aliphatic rings. The Balaban J connectivity index is 1.58. The number of hydrogen-bond acceptors (Lipinski definition) is 10. The van der Waals surface area contributed by atoms with Crippen LogP contribution in [0.2, 0.25) is 0 Å². The van der Waals surface area contributed by atoms with E-state index in [2.05, 4.69) is 25.2 Å². The van der Waals surface area contributed by atoms with Crippen LogP contribution in [0.25, 0.3) is 16.9 Å². The maximum absolute atomic E-state index is 13.3. The van der Waals surface area contributed by atoms with E-state index in [4.69, 9.17) is 4.74 Å². The third kappa shape index (κ3) is 5.63. The highest BCUT2D eigenvalue weighted by Gasteiger charge is 2.36. The molecule has 0 amide bonds. The number of hydrogen-bond donors (Lipinski definition) is 2. The second-order valence-electron chi connectivity index (χ2n) is 8.90. The molecule has 0 atom stereocenters. The molecule has 0 spiro atoms. The minimum absolute atomic E-state index is 0.0236. The summed E-state index contributed by atoms with van der Waals surface area (Å²) < 4.78 is 35.3. The largest absolute Gasteiger partial charge is 0.493 e. The second-order valence-corrected chi connectivity index (χ2v) is 10.8. The zero-order chi connectivity index (χ0) is 27.4. The first kappa shape index (κ1) is 27.5. The van der Waals surface area contributed by atoms with Gasteiger partial charge in [0.15, 0.2) is 11.3 Å². The lowest BCUT2D eigenvalue weighted by atomic mass is 10.2. The Morgan fingerprint density at radius 1 is 1.29 bits per heavy atom. The second kappa shape index (κ2) is 11.4. The summed E-state index contributed by atoms with van der Waals surface area (Å²) in [5.41, 5.74) is 0.893. The molecule has 4 rings (SSSR count). The van der Waals surface area contributed by atoms with Crippen molar-refractivity contribution < 1.29 is 23.1 Å². The van der Waals surface area contributed by atoms with Gasteiger partial charge in [-0.1, -0.05) is 6.92 Å². The summed E-state index contributed by atoms with van der Waals surface area (Å²) in [6, 6.07) is 4.43. The van der Waals surface area contributed by atoms with Crippen molar-refractivity contribution in [3.63, 3.8) is 0 Å². The molecule has 0 saturated carbocycles. The number of rotatable bonds is 13. The predicted octanol–water partition coefficient (Wildman–Crippen LogP) is 1.31. The molecule has 206 valence electrons. The molecule has 3 aromatic rings. The number of nitrogens with one attached hydrogen (secondary N) is 2. The van der Waals surface area contributed by atoms with E-state index in [0.717, 1.165) is 6.42 Å². The number of aryl methyl sites for hydroxylation is 2. The molecule has 1 aromatic carbocycles. The highest BCUT2D eigenvalue weighted by molar-refractivity contribution is 7.89. The number of H-pyrrole nitrogens is 1. The average Bonchev–Trinajstić information content (AvgIpc) is 3.15. The fraction of sp³-hybridized carbons (Fsp3) is 0.522. The van der Waals surface area contributed by atoms with Gasteiger partial charge in [0.25, 0.3) is 10.6 Å². The normalized spacial score (nSPS) is 14.5. The summed E-state index contributed by atoms with van der Waals surface area (Å²) in [5, 5.41) is 17.1. The van der Waals surface area contributed by atoms with E-state index in [1.165, 1.54) is 21.0 Å². The minimum Gasteiger partial charge on any atom is -0.493 e. The van der Waals surface area contributed by atoms with E-state index in [1.54, 1.807) is 13.0 Å². The number of benzene rings is 1. The summed E-state index contributed by atoms with van der Waals surface area (Å²) in [4.78, 5) is 34.7. The minimum atomic E-state index is -3.82. The van der Waals surface area contributed by atoms with Crippen molar-refractivity contribution >= 4 is 15.5 Å². The van der Waals surface area contributed by atoms with Crippen molar-refractivity contribution in [1.29, 1.82) is 0 Å². The summed E-state index contributed by atoms with van der Waals surface area (Å²) >= 11 is 0. The number of fused-ring (bicyclic) bond motifs is 1. The highest BCUT2D eigenvalue weighted by atomic mass is 32.2. The van der Waals surface area contributed by atoms with Crippen LogP contribution in [0.5, 0.6) is 5.75 Å². The Hall–Kier alpha value is -3.56. The van der Waals surface area contributed by atoms with Gasteiger partial charge in [-0.05, 0) is 51.4 Å². The van der Waals surface area contributed by atoms with Crippen LogP contribution in [-0.2, 0) is 21.3 Å². The van der Waals surface area contributed by atoms with Gasteiger partial charge in [-0.25, -0.2) is 17.9 Å². The van der Waals surface area contributed by atoms with Crippen LogP contribution in [0.15, 0.2) is 27.9 Å². The Kier molecular flexibility index (Phi) is 8.28. The van der Waals surface area contributed by atoms with Crippen molar-refractivity contribution in [2.45, 2.75) is 51.0 Å².